The SMILES string of the molecule is CC(=O)NC1[C@H](COC[C@@H]2C(CO)O[C@@H](COC[C@@H]3C(CO)O[C@@H](O)C(NC(C)=O)[C@H]3O)C(NC(C)=O)[C@H]2OC(=O)c2ccccc2)OC(CO)[C@@H](O)[C@@H]1O. The molecule has 0 radical (unpaired) electrons. The zero-order chi connectivity index (χ0) is 40.4. The number of rotatable bonds is 16. The summed E-state index contributed by atoms with van der Waals surface area (Å²) < 4.78 is 35.3. The fourth-order valence-electron chi connectivity index (χ4n) is 7.14. The second kappa shape index (κ2) is 20.7. The number of aliphatic hydroxyl groups is 7. The molecule has 20 heteroatoms. The Balaban J connectivity index is 1.57. The Kier molecular flexibility index (Phi) is 16.7. The number of ether oxygens (including phenoxy) is 6. The number of hydrogen-bond donors (Lipinski definition) is 10. The van der Waals surface area contributed by atoms with E-state index < -0.39 is 135 Å². The van der Waals surface area contributed by atoms with Gasteiger partial charge in [0.2, 0.25) is 17.7 Å². The van der Waals surface area contributed by atoms with Crippen molar-refractivity contribution in [3.05, 3.63) is 35.9 Å². The van der Waals surface area contributed by atoms with Gasteiger partial charge in [0.05, 0.1) is 88.1 Å². The summed E-state index contributed by atoms with van der Waals surface area (Å²) >= 11 is 0. The van der Waals surface area contributed by atoms with Crippen LogP contribution in [0.5, 0.6) is 0 Å². The van der Waals surface area contributed by atoms with Crippen LogP contribution in [0.3, 0.4) is 0 Å². The molecule has 0 saturated carbocycles. The molecule has 0 bridgehead atoms. The van der Waals surface area contributed by atoms with Gasteiger partial charge in [0.25, 0.3) is 0 Å². The summed E-state index contributed by atoms with van der Waals surface area (Å²) in [6.45, 7) is 0.526. The molecule has 1 aromatic rings. The molecule has 1 aromatic carbocycles. The minimum atomic E-state index is -1.61. The Labute approximate surface area is 317 Å². The van der Waals surface area contributed by atoms with Crippen LogP contribution in [0, 0.1) is 11.8 Å². The van der Waals surface area contributed by atoms with Crippen molar-refractivity contribution in [1.82, 2.24) is 16.0 Å². The first-order valence-electron chi connectivity index (χ1n) is 17.9. The van der Waals surface area contributed by atoms with Gasteiger partial charge in [-0.05, 0) is 12.1 Å². The van der Waals surface area contributed by atoms with Crippen molar-refractivity contribution in [2.45, 2.75) is 100 Å². The number of nitrogens with one attached hydrogen (secondary N) is 3. The van der Waals surface area contributed by atoms with Gasteiger partial charge in [-0.1, -0.05) is 18.2 Å². The highest BCUT2D eigenvalue weighted by molar-refractivity contribution is 5.89. The van der Waals surface area contributed by atoms with Gasteiger partial charge >= 0.3 is 5.97 Å². The van der Waals surface area contributed by atoms with E-state index >= 15 is 0 Å². The molecule has 4 rings (SSSR count). The van der Waals surface area contributed by atoms with E-state index in [0.29, 0.717) is 0 Å². The van der Waals surface area contributed by atoms with Gasteiger partial charge < -0.3 is 80.1 Å². The first kappa shape index (κ1) is 44.3. The third-order valence-electron chi connectivity index (χ3n) is 9.85. The van der Waals surface area contributed by atoms with Crippen LogP contribution in [0.4, 0.5) is 0 Å². The van der Waals surface area contributed by atoms with E-state index in [1.807, 2.05) is 0 Å². The van der Waals surface area contributed by atoms with Crippen LogP contribution >= 0.6 is 0 Å². The largest absolute Gasteiger partial charge is 0.456 e. The summed E-state index contributed by atoms with van der Waals surface area (Å²) in [6.07, 6.45) is -12.8. The van der Waals surface area contributed by atoms with E-state index in [1.54, 1.807) is 18.2 Å². The molecule has 3 aliphatic heterocycles. The van der Waals surface area contributed by atoms with Gasteiger partial charge in [-0.3, -0.25) is 14.4 Å². The Morgan fingerprint density at radius 2 is 1.07 bits per heavy atom. The number of hydrogen-bond acceptors (Lipinski definition) is 17. The van der Waals surface area contributed by atoms with Crippen molar-refractivity contribution < 1.29 is 83.3 Å². The molecule has 6 unspecified atom stereocenters. The van der Waals surface area contributed by atoms with E-state index in [0.717, 1.165) is 0 Å². The monoisotopic (exact) mass is 787 g/mol. The van der Waals surface area contributed by atoms with Gasteiger partial charge in [-0.15, -0.1) is 0 Å². The fraction of sp³-hybridized carbons (Fsp3) is 0.714. The lowest BCUT2D eigenvalue weighted by Gasteiger charge is -2.47. The van der Waals surface area contributed by atoms with E-state index in [9.17, 15) is 54.9 Å². The van der Waals surface area contributed by atoms with Crippen molar-refractivity contribution in [3.63, 3.8) is 0 Å². The zero-order valence-corrected chi connectivity index (χ0v) is 30.7. The minimum Gasteiger partial charge on any atom is -0.456 e. The van der Waals surface area contributed by atoms with Crippen molar-refractivity contribution >= 4 is 23.7 Å². The standard InChI is InChI=1S/C35H53N3O17/c1-16(42)36-27-25(53-24(11-41)31(46)32(27)47)14-51-13-21-23(10-40)52-26(28(37-17(2)43)33(21)55-34(48)19-7-5-4-6-8-19)15-50-12-20-22(9-39)54-35(49)29(30(20)45)38-18(3)44/h4-8,20-33,35,39-41,45-47,49H,9-15H2,1-3H3,(H,36,42)(H,37,43)(H,38,44)/t20-,21-,22?,23?,24?,25+,26+,27?,28?,29?,30+,31-,32-,33+,35-/m1/s1. The van der Waals surface area contributed by atoms with Crippen molar-refractivity contribution in [2.24, 2.45) is 11.8 Å². The summed E-state index contributed by atoms with van der Waals surface area (Å²) in [7, 11) is 0. The molecule has 0 aliphatic carbocycles. The lowest BCUT2D eigenvalue weighted by atomic mass is 9.85. The number of esters is 1. The third-order valence-corrected chi connectivity index (χ3v) is 9.85. The Hall–Kier alpha value is -3.38. The molecule has 20 nitrogen and oxygen atoms in total. The highest BCUT2D eigenvalue weighted by Gasteiger charge is 2.50. The van der Waals surface area contributed by atoms with Gasteiger partial charge in [-0.2, -0.15) is 0 Å². The maximum Gasteiger partial charge on any atom is 0.338 e. The molecule has 0 aromatic heterocycles. The molecular formula is C35H53N3O17. The molecule has 55 heavy (non-hydrogen) atoms. The summed E-state index contributed by atoms with van der Waals surface area (Å²) in [4.78, 5) is 49.7. The zero-order valence-electron chi connectivity index (χ0n) is 30.7. The molecule has 3 heterocycles. The topological polar surface area (TPSA) is 301 Å². The third kappa shape index (κ3) is 11.4. The smallest absolute Gasteiger partial charge is 0.338 e. The molecule has 310 valence electrons. The number of aliphatic hydroxyl groups excluding tert-OH is 7. The number of carbonyl (C=O) groups excluding carboxylic acids is 4. The van der Waals surface area contributed by atoms with Gasteiger partial charge in [-0.25, -0.2) is 4.79 Å². The maximum absolute atomic E-state index is 13.5. The molecule has 3 fully saturated rings. The molecule has 3 amide bonds. The van der Waals surface area contributed by atoms with Gasteiger partial charge in [0, 0.05) is 26.7 Å². The highest BCUT2D eigenvalue weighted by Crippen LogP contribution is 2.32. The van der Waals surface area contributed by atoms with Crippen LogP contribution in [0.15, 0.2) is 30.3 Å². The molecule has 3 saturated heterocycles. The van der Waals surface area contributed by atoms with Crippen molar-refractivity contribution in [2.75, 3.05) is 46.2 Å². The number of benzene rings is 1. The van der Waals surface area contributed by atoms with E-state index in [1.165, 1.54) is 32.9 Å². The second-order valence-electron chi connectivity index (χ2n) is 13.8. The number of amides is 3. The first-order chi connectivity index (χ1) is 26.2. The second-order valence-corrected chi connectivity index (χ2v) is 13.8. The quantitative estimate of drug-likeness (QED) is 0.0704. The number of carbonyl (C=O) groups is 4. The lowest BCUT2D eigenvalue weighted by molar-refractivity contribution is -0.248. The van der Waals surface area contributed by atoms with E-state index in [2.05, 4.69) is 16.0 Å². The molecular weight excluding hydrogens is 734 g/mol. The van der Waals surface area contributed by atoms with Crippen LogP contribution in [-0.2, 0) is 42.8 Å². The average Bonchev–Trinajstić information content (AvgIpc) is 3.15. The lowest BCUT2D eigenvalue weighted by Crippen LogP contribution is -2.66. The predicted molar refractivity (Wildman–Crippen MR) is 185 cm³/mol. The van der Waals surface area contributed by atoms with Crippen LogP contribution in [0.2, 0.25) is 0 Å². The van der Waals surface area contributed by atoms with Crippen LogP contribution in [0.25, 0.3) is 0 Å². The predicted octanol–water partition coefficient (Wildman–Crippen LogP) is -4.70. The Morgan fingerprint density at radius 3 is 1.64 bits per heavy atom. The van der Waals surface area contributed by atoms with Gasteiger partial charge in [0.15, 0.2) is 6.29 Å². The van der Waals surface area contributed by atoms with Crippen molar-refractivity contribution in [1.29, 1.82) is 0 Å². The highest BCUT2D eigenvalue weighted by atomic mass is 16.6. The summed E-state index contributed by atoms with van der Waals surface area (Å²) in [5.74, 6) is -4.31. The summed E-state index contributed by atoms with van der Waals surface area (Å²) in [5.41, 5.74) is 0.178. The molecule has 15 atom stereocenters. The van der Waals surface area contributed by atoms with E-state index in [4.69, 9.17) is 28.4 Å². The van der Waals surface area contributed by atoms with Crippen LogP contribution in [-0.4, -0.2) is 185 Å². The normalized spacial score (nSPS) is 36.4. The Bertz CT molecular complexity index is 1410. The first-order valence-corrected chi connectivity index (χ1v) is 17.9. The summed E-state index contributed by atoms with van der Waals surface area (Å²) in [6, 6.07) is 4.49. The maximum atomic E-state index is 13.5. The average molecular weight is 788 g/mol. The van der Waals surface area contributed by atoms with Crippen molar-refractivity contribution in [3.8, 4) is 0 Å². The molecule has 10 N–H and O–H groups in total. The molecule has 0 spiro atoms. The summed E-state index contributed by atoms with van der Waals surface area (Å²) in [5, 5.41) is 80.2. The van der Waals surface area contributed by atoms with Crippen LogP contribution in [0.1, 0.15) is 31.1 Å². The van der Waals surface area contributed by atoms with Crippen LogP contribution < -0.4 is 16.0 Å². The van der Waals surface area contributed by atoms with E-state index in [-0.39, 0.29) is 32.0 Å². The fourth-order valence-corrected chi connectivity index (χ4v) is 7.14. The van der Waals surface area contributed by atoms with Gasteiger partial charge in [0.1, 0.15) is 42.7 Å². The molecule has 3 aliphatic rings. The Morgan fingerprint density at radius 1 is 0.582 bits per heavy atom. The minimum absolute atomic E-state index is 0.178.